The van der Waals surface area contributed by atoms with Crippen LogP contribution >= 0.6 is 0 Å². The lowest BCUT2D eigenvalue weighted by atomic mass is 9.86. The quantitative estimate of drug-likeness (QED) is 0.0262. The smallest absolute Gasteiger partial charge is 0.344 e. The topological polar surface area (TPSA) is 112 Å². The van der Waals surface area contributed by atoms with Crippen molar-refractivity contribution in [2.24, 2.45) is 16.2 Å². The first-order valence-electron chi connectivity index (χ1n) is 34.0. The third-order valence-corrected chi connectivity index (χ3v) is 14.6. The van der Waals surface area contributed by atoms with E-state index in [-0.39, 0.29) is 45.7 Å². The minimum absolute atomic E-state index is 0.0599. The molecule has 0 saturated carbocycles. The zero-order valence-electron chi connectivity index (χ0n) is 61.8. The first-order chi connectivity index (χ1) is 43.8. The SMILES string of the molecule is C=C=CC(C)(C)C.CC(C)(C)CCCCCCO.CC(C)(C)CCCCCCOC1CCCCO1.CC(C)(C)c1ccc(C2OCCCO2)cc1.CC(C)(C)c1ccc(C=O)cc1.CC(C)c1ccc(OC(F)=C(F)F)cc1.[C-]#[N+]/C(C#N)=C\c1ccc(C(C)(C)C)cc1. The Hall–Kier alpha value is -6.08. The van der Waals surface area contributed by atoms with Crippen LogP contribution in [0.4, 0.5) is 13.2 Å². The summed E-state index contributed by atoms with van der Waals surface area (Å²) in [6.45, 7) is 57.7. The van der Waals surface area contributed by atoms with Gasteiger partial charge in [0, 0.05) is 30.9 Å². The Kier molecular flexibility index (Phi) is 43.2. The summed E-state index contributed by atoms with van der Waals surface area (Å²) in [4.78, 5) is 13.5. The molecule has 2 heterocycles. The highest BCUT2D eigenvalue weighted by Gasteiger charge is 2.20. The summed E-state index contributed by atoms with van der Waals surface area (Å²) < 4.78 is 62.4. The second kappa shape index (κ2) is 46.1. The van der Waals surface area contributed by atoms with E-state index in [2.05, 4.69) is 171 Å². The monoisotopic (exact) mass is 1300 g/mol. The summed E-state index contributed by atoms with van der Waals surface area (Å²) in [6.07, 6.45) is 19.0. The van der Waals surface area contributed by atoms with Crippen molar-refractivity contribution in [3.63, 3.8) is 0 Å². The normalized spacial score (nSPS) is 14.3. The van der Waals surface area contributed by atoms with E-state index in [0.717, 1.165) is 74.2 Å². The lowest BCUT2D eigenvalue weighted by molar-refractivity contribution is -0.183. The number of hydrogen-bond acceptors (Lipinski definition) is 8. The third kappa shape index (κ3) is 45.3. The number of nitriles is 1. The first-order valence-corrected chi connectivity index (χ1v) is 34.0. The Morgan fingerprint density at radius 1 is 0.628 bits per heavy atom. The number of unbranched alkanes of at least 4 members (excludes halogenated alkanes) is 6. The number of rotatable bonds is 18. The third-order valence-electron chi connectivity index (χ3n) is 14.6. The Balaban J connectivity index is 0.00000109. The number of carbonyl (C=O) groups excluding carboxylic acids is 1. The van der Waals surface area contributed by atoms with Gasteiger partial charge in [-0.1, -0.05) is 269 Å². The molecule has 2 aliphatic rings. The fourth-order valence-electron chi connectivity index (χ4n) is 8.87. The molecule has 6 rings (SSSR count). The van der Waals surface area contributed by atoms with Crippen molar-refractivity contribution >= 4 is 12.4 Å². The van der Waals surface area contributed by atoms with E-state index >= 15 is 0 Å². The summed E-state index contributed by atoms with van der Waals surface area (Å²) in [5, 5.41) is 17.2. The van der Waals surface area contributed by atoms with E-state index < -0.39 is 12.1 Å². The summed E-state index contributed by atoms with van der Waals surface area (Å²) in [5.74, 6) is 0.391. The molecule has 9 nitrogen and oxygen atoms in total. The van der Waals surface area contributed by atoms with E-state index in [0.29, 0.717) is 23.4 Å². The van der Waals surface area contributed by atoms with Gasteiger partial charge in [-0.25, -0.2) is 10.1 Å². The van der Waals surface area contributed by atoms with Crippen LogP contribution in [0.2, 0.25) is 0 Å². The maximum absolute atomic E-state index is 12.4. The van der Waals surface area contributed by atoms with Gasteiger partial charge in [0.25, 0.3) is 5.70 Å². The van der Waals surface area contributed by atoms with Crippen LogP contribution in [-0.2, 0) is 35.2 Å². The van der Waals surface area contributed by atoms with Gasteiger partial charge in [-0.2, -0.15) is 13.2 Å². The van der Waals surface area contributed by atoms with Crippen LogP contribution < -0.4 is 4.74 Å². The molecule has 12 heteroatoms. The first kappa shape index (κ1) is 87.9. The van der Waals surface area contributed by atoms with Gasteiger partial charge in [-0.15, -0.1) is 5.73 Å². The van der Waals surface area contributed by atoms with E-state index in [4.69, 9.17) is 35.9 Å². The van der Waals surface area contributed by atoms with Crippen LogP contribution in [0.15, 0.2) is 133 Å². The average molecular weight is 1310 g/mol. The van der Waals surface area contributed by atoms with Gasteiger partial charge < -0.3 is 28.8 Å². The molecule has 1 atom stereocenters. The van der Waals surface area contributed by atoms with Crippen molar-refractivity contribution in [1.82, 2.24) is 0 Å². The molecule has 0 aromatic heterocycles. The standard InChI is InChI=1S/C15H30O2.C14H14N2.C14H20O2.C11H11F3O.C11H14O.C10H22O.C7H12/c1-15(2,3)11-7-4-5-8-12-16-14-10-6-9-13-17-14;1-14(2,3)12-7-5-11(6-8-12)9-13(10-15)16-4;1-14(2,3)12-7-5-11(6-8-12)13-15-9-4-10-16-13;1-7(2)8-3-5-9(6-4-8)15-11(14)10(12)13;1-11(2,3)10-6-4-9(8-12)5-7-10;1-10(2,3)8-6-4-5-7-9-11;1-5-6-7(2,3)4/h14H,4-13H2,1-3H3;5-9H,1-3H3;5-8,13H,4,9-10H2,1-3H3;3-7H,1-2H3;4-8H,1-3H3;11H,4-9H2,1-3H3;6H,1H2,2-4H3/b;13-9-;;;;;. The number of nitrogens with zero attached hydrogens (tertiary/aromatic N) is 2. The van der Waals surface area contributed by atoms with Crippen LogP contribution in [-0.4, -0.2) is 50.7 Å². The van der Waals surface area contributed by atoms with Crippen molar-refractivity contribution in [3.8, 4) is 11.8 Å². The molecular weight excluding hydrogens is 1180 g/mol. The van der Waals surface area contributed by atoms with E-state index in [1.807, 2.05) is 74.5 Å². The number of benzene rings is 4. The Morgan fingerprint density at radius 2 is 1.07 bits per heavy atom. The van der Waals surface area contributed by atoms with Crippen LogP contribution in [0, 0.1) is 34.1 Å². The summed E-state index contributed by atoms with van der Waals surface area (Å²) in [7, 11) is 0. The Morgan fingerprint density at radius 3 is 1.44 bits per heavy atom. The molecule has 94 heavy (non-hydrogen) atoms. The summed E-state index contributed by atoms with van der Waals surface area (Å²) >= 11 is 0. The molecule has 0 radical (unpaired) electrons. The van der Waals surface area contributed by atoms with Crippen LogP contribution in [0.1, 0.15) is 284 Å². The van der Waals surface area contributed by atoms with Crippen LogP contribution in [0.5, 0.6) is 5.75 Å². The number of carbonyl (C=O) groups is 1. The molecule has 1 unspecified atom stereocenters. The van der Waals surface area contributed by atoms with Gasteiger partial charge in [-0.05, 0) is 142 Å². The summed E-state index contributed by atoms with van der Waals surface area (Å²) in [6, 6.07) is 30.5. The molecule has 1 N–H and O–H groups in total. The molecule has 4 aromatic carbocycles. The summed E-state index contributed by atoms with van der Waals surface area (Å²) in [5.41, 5.74) is 12.2. The number of aldehydes is 1. The van der Waals surface area contributed by atoms with Crippen LogP contribution in [0.3, 0.4) is 0 Å². The number of hydrogen-bond donors (Lipinski definition) is 1. The molecule has 0 amide bonds. The predicted molar refractivity (Wildman–Crippen MR) is 387 cm³/mol. The molecular formula is C82H123F3N2O7. The largest absolute Gasteiger partial charge is 0.428 e. The number of ether oxygens (including phenoxy) is 5. The van der Waals surface area contributed by atoms with Gasteiger partial charge in [-0.3, -0.25) is 4.79 Å². The predicted octanol–water partition coefficient (Wildman–Crippen LogP) is 24.1. The van der Waals surface area contributed by atoms with Gasteiger partial charge in [0.15, 0.2) is 12.6 Å². The number of allylic oxidation sites excluding steroid dienone is 2. The molecule has 4 aromatic rings. The fraction of sp³-hybridized carbons (Fsp3) is 0.585. The number of aliphatic hydroxyl groups is 1. The molecule has 524 valence electrons. The molecule has 0 spiro atoms. The van der Waals surface area contributed by atoms with Gasteiger partial charge >= 0.3 is 12.1 Å². The lowest BCUT2D eigenvalue weighted by Crippen LogP contribution is -2.22. The Labute approximate surface area is 569 Å². The van der Waals surface area contributed by atoms with Crippen LogP contribution in [0.25, 0.3) is 10.9 Å². The molecule has 2 fully saturated rings. The highest BCUT2D eigenvalue weighted by atomic mass is 19.3. The minimum atomic E-state index is -2.46. The molecule has 0 bridgehead atoms. The highest BCUT2D eigenvalue weighted by Crippen LogP contribution is 2.29. The second-order valence-corrected chi connectivity index (χ2v) is 30.8. The molecule has 2 aliphatic heterocycles. The highest BCUT2D eigenvalue weighted by molar-refractivity contribution is 5.74. The maximum atomic E-state index is 12.4. The van der Waals surface area contributed by atoms with E-state index in [1.165, 1.54) is 99.5 Å². The molecule has 2 saturated heterocycles. The van der Waals surface area contributed by atoms with Gasteiger partial charge in [0.2, 0.25) is 0 Å². The van der Waals surface area contributed by atoms with Crippen molar-refractivity contribution in [2.45, 2.75) is 263 Å². The van der Waals surface area contributed by atoms with Crippen molar-refractivity contribution in [2.75, 3.05) is 33.0 Å². The second-order valence-electron chi connectivity index (χ2n) is 30.8. The van der Waals surface area contributed by atoms with Crippen molar-refractivity contribution < 1.29 is 46.8 Å². The van der Waals surface area contributed by atoms with Gasteiger partial charge in [0.1, 0.15) is 12.0 Å². The zero-order valence-corrected chi connectivity index (χ0v) is 61.8. The minimum Gasteiger partial charge on any atom is -0.428 e. The average Bonchev–Trinajstić information content (AvgIpc) is 1.07. The number of aliphatic hydroxyl groups excluding tert-OH is 1. The lowest BCUT2D eigenvalue weighted by Gasteiger charge is -2.25. The van der Waals surface area contributed by atoms with Gasteiger partial charge in [0.05, 0.1) is 25.9 Å². The fourth-order valence-corrected chi connectivity index (χ4v) is 8.87. The number of halogens is 3. The Bertz CT molecular complexity index is 2820. The van der Waals surface area contributed by atoms with E-state index in [1.54, 1.807) is 18.2 Å². The van der Waals surface area contributed by atoms with E-state index in [9.17, 15) is 18.0 Å². The maximum Gasteiger partial charge on any atom is 0.344 e. The van der Waals surface area contributed by atoms with Crippen molar-refractivity contribution in [3.05, 3.63) is 184 Å². The zero-order chi connectivity index (χ0) is 71.6. The molecule has 0 aliphatic carbocycles. The van der Waals surface area contributed by atoms with Crippen molar-refractivity contribution in [1.29, 1.82) is 5.26 Å².